The van der Waals surface area contributed by atoms with Crippen molar-refractivity contribution in [2.75, 3.05) is 0 Å². The maximum absolute atomic E-state index is 3.39. The molecule has 0 spiro atoms. The van der Waals surface area contributed by atoms with Crippen molar-refractivity contribution in [1.82, 2.24) is 0 Å². The Kier molecular flexibility index (Phi) is 16.6. The molecule has 0 fully saturated rings. The van der Waals surface area contributed by atoms with Crippen molar-refractivity contribution in [2.24, 2.45) is 0 Å². The molecule has 0 aromatic heterocycles. The first-order valence-corrected chi connectivity index (χ1v) is 25.3. The van der Waals surface area contributed by atoms with E-state index in [-0.39, 0.29) is 25.8 Å². The Morgan fingerprint density at radius 1 is 0.548 bits per heavy atom. The minimum absolute atomic E-state index is 0. The van der Waals surface area contributed by atoms with Gasteiger partial charge in [0.1, 0.15) is 0 Å². The van der Waals surface area contributed by atoms with E-state index in [2.05, 4.69) is 83.1 Å². The second-order valence-electron chi connectivity index (χ2n) is 9.05. The van der Waals surface area contributed by atoms with Crippen LogP contribution in [0, 0.1) is 24.3 Å². The summed E-state index contributed by atoms with van der Waals surface area (Å²) in [7, 11) is 0. The quantitative estimate of drug-likeness (QED) is 0.220. The van der Waals surface area contributed by atoms with Gasteiger partial charge in [0.15, 0.2) is 0 Å². The summed E-state index contributed by atoms with van der Waals surface area (Å²) < 4.78 is 3.07. The zero-order valence-corrected chi connectivity index (χ0v) is 27.8. The number of benzene rings is 2. The van der Waals surface area contributed by atoms with E-state index in [0.29, 0.717) is 0 Å². The van der Waals surface area contributed by atoms with Crippen LogP contribution < -0.4 is 0 Å². The third-order valence-electron chi connectivity index (χ3n) is 4.22. The molecule has 2 aliphatic rings. The number of hydrogen-bond donors (Lipinski definition) is 0. The zero-order chi connectivity index (χ0) is 22.3. The van der Waals surface area contributed by atoms with Gasteiger partial charge in [-0.05, 0) is 0 Å². The van der Waals surface area contributed by atoms with E-state index in [1.54, 1.807) is 0 Å². The first kappa shape index (κ1) is 30.4. The van der Waals surface area contributed by atoms with Gasteiger partial charge < -0.3 is 0 Å². The topological polar surface area (TPSA) is 0 Å². The van der Waals surface area contributed by atoms with Gasteiger partial charge in [0, 0.05) is 0 Å². The van der Waals surface area contributed by atoms with Crippen LogP contribution in [0.4, 0.5) is 0 Å². The van der Waals surface area contributed by atoms with Crippen molar-refractivity contribution in [3.05, 3.63) is 118 Å². The van der Waals surface area contributed by atoms with E-state index < -0.39 is 26.5 Å². The summed E-state index contributed by atoms with van der Waals surface area (Å²) in [6, 6.07) is 25.0. The number of hydrogen-bond acceptors (Lipinski definition) is 0. The molecule has 0 bridgehead atoms. The van der Waals surface area contributed by atoms with Gasteiger partial charge in [0.25, 0.3) is 0 Å². The molecule has 0 saturated carbocycles. The fraction of sp³-hybridized carbons (Fsp3) is 0.286. The molecular weight excluding hydrogens is 660 g/mol. The maximum Gasteiger partial charge on any atom is 4.00 e. The summed E-state index contributed by atoms with van der Waals surface area (Å²) in [6.45, 7) is 0. The molecule has 0 N–H and O–H groups in total. The Morgan fingerprint density at radius 2 is 0.871 bits per heavy atom. The van der Waals surface area contributed by atoms with Gasteiger partial charge in [0.2, 0.25) is 0 Å². The molecule has 160 valence electrons. The van der Waals surface area contributed by atoms with Crippen LogP contribution in [0.15, 0.2) is 93.8 Å². The maximum atomic E-state index is 3.39. The summed E-state index contributed by atoms with van der Waals surface area (Å²) in [5, 5.41) is 0. The Labute approximate surface area is 216 Å². The molecule has 4 rings (SSSR count). The molecule has 2 aromatic rings. The monoisotopic (exact) mass is 700 g/mol. The summed E-state index contributed by atoms with van der Waals surface area (Å²) in [5.41, 5.74) is 0. The fourth-order valence-electron chi connectivity index (χ4n) is 2.52. The molecule has 0 heterocycles. The van der Waals surface area contributed by atoms with Gasteiger partial charge in [-0.1, -0.05) is 0 Å². The molecule has 0 aliphatic heterocycles. The molecule has 0 nitrogen and oxygen atoms in total. The van der Waals surface area contributed by atoms with Gasteiger partial charge in [-0.15, -0.1) is 0 Å². The van der Waals surface area contributed by atoms with E-state index in [9.17, 15) is 0 Å². The average Bonchev–Trinajstić information content (AvgIpc) is 3.46. The molecular formula is C28H36Ge2Hf. The van der Waals surface area contributed by atoms with Crippen LogP contribution in [0.2, 0.25) is 34.5 Å². The third kappa shape index (κ3) is 15.7. The summed E-state index contributed by atoms with van der Waals surface area (Å²) in [5.74, 6) is 14.4. The molecule has 0 atom stereocenters. The van der Waals surface area contributed by atoms with Crippen LogP contribution in [-0.2, 0) is 25.8 Å². The minimum Gasteiger partial charge on any atom is -0.184 e. The van der Waals surface area contributed by atoms with Crippen molar-refractivity contribution >= 4 is 26.5 Å². The standard InChI is InChI=1S/2C8H13Ge.2C6H5.Hf/c2*1-9(2,3)8-6-4-5-7-8;2*1-2-4-6-5-3-1;/h2*4,6H,5H2,1-3H3;2*1-5H;/q4*-1;+4. The zero-order valence-electron chi connectivity index (χ0n) is 20.0. The van der Waals surface area contributed by atoms with Crippen LogP contribution in [0.1, 0.15) is 12.8 Å². The summed E-state index contributed by atoms with van der Waals surface area (Å²) >= 11 is -2.92. The van der Waals surface area contributed by atoms with Gasteiger partial charge in [-0.2, -0.15) is 72.8 Å². The largest absolute Gasteiger partial charge is 4.00 e. The average molecular weight is 696 g/mol. The second-order valence-corrected chi connectivity index (χ2v) is 30.2. The summed E-state index contributed by atoms with van der Waals surface area (Å²) in [4.78, 5) is 0. The van der Waals surface area contributed by atoms with Crippen LogP contribution in [0.25, 0.3) is 0 Å². The molecule has 31 heavy (non-hydrogen) atoms. The van der Waals surface area contributed by atoms with E-state index in [0.717, 1.165) is 12.8 Å². The normalized spacial score (nSPS) is 13.7. The molecule has 2 aromatic carbocycles. The van der Waals surface area contributed by atoms with Crippen molar-refractivity contribution in [1.29, 1.82) is 0 Å². The SMILES string of the molecule is [CH3][Ge]([CH3])([CH3])[C]1=[C-]CC=C1.[CH3][Ge]([CH3])([CH3])[C]1=[C-]CC=C1.[Hf+4].[c-]1ccccc1.[c-]1ccccc1. The predicted molar refractivity (Wildman–Crippen MR) is 138 cm³/mol. The van der Waals surface area contributed by atoms with Crippen molar-refractivity contribution in [2.45, 2.75) is 47.4 Å². The molecule has 0 radical (unpaired) electrons. The molecule has 0 amide bonds. The van der Waals surface area contributed by atoms with Gasteiger partial charge in [-0.25, -0.2) is 0 Å². The van der Waals surface area contributed by atoms with Crippen molar-refractivity contribution in [3.8, 4) is 0 Å². The van der Waals surface area contributed by atoms with Gasteiger partial charge >= 0.3 is 145 Å². The molecule has 0 saturated heterocycles. The van der Waals surface area contributed by atoms with Crippen LogP contribution in [-0.4, -0.2) is 26.5 Å². The number of rotatable bonds is 2. The van der Waals surface area contributed by atoms with E-state index in [4.69, 9.17) is 0 Å². The van der Waals surface area contributed by atoms with Crippen LogP contribution >= 0.6 is 0 Å². The Morgan fingerprint density at radius 3 is 0.968 bits per heavy atom. The van der Waals surface area contributed by atoms with Crippen LogP contribution in [0.5, 0.6) is 0 Å². The van der Waals surface area contributed by atoms with E-state index in [1.807, 2.05) is 60.7 Å². The second kappa shape index (κ2) is 16.9. The smallest absolute Gasteiger partial charge is 0.184 e. The Bertz CT molecular complexity index is 681. The number of allylic oxidation sites excluding steroid dienone is 8. The molecule has 0 unspecified atom stereocenters. The Hall–Kier alpha value is -0.644. The Balaban J connectivity index is 0.000000389. The minimum atomic E-state index is -1.46. The summed E-state index contributed by atoms with van der Waals surface area (Å²) in [6.07, 6.45) is 17.8. The predicted octanol–water partition coefficient (Wildman–Crippen LogP) is 8.08. The first-order valence-electron chi connectivity index (χ1n) is 10.6. The first-order chi connectivity index (χ1) is 14.2. The van der Waals surface area contributed by atoms with E-state index >= 15 is 0 Å². The fourth-order valence-corrected chi connectivity index (χ4v) is 7.77. The molecule has 2 aliphatic carbocycles. The molecule has 3 heteroatoms. The van der Waals surface area contributed by atoms with Crippen molar-refractivity contribution < 1.29 is 25.8 Å². The van der Waals surface area contributed by atoms with E-state index in [1.165, 1.54) is 8.81 Å². The van der Waals surface area contributed by atoms with Crippen LogP contribution in [0.3, 0.4) is 0 Å². The third-order valence-corrected chi connectivity index (χ3v) is 12.4. The van der Waals surface area contributed by atoms with Gasteiger partial charge in [0.05, 0.1) is 0 Å². The van der Waals surface area contributed by atoms with Crippen molar-refractivity contribution in [3.63, 3.8) is 0 Å². The van der Waals surface area contributed by atoms with Gasteiger partial charge in [-0.3, -0.25) is 0 Å².